The lowest BCUT2D eigenvalue weighted by molar-refractivity contribution is 0.669. The zero-order valence-corrected chi connectivity index (χ0v) is 38.9. The van der Waals surface area contributed by atoms with Gasteiger partial charge in [0.15, 0.2) is 17.5 Å². The minimum atomic E-state index is 0.585. The van der Waals surface area contributed by atoms with E-state index in [-0.39, 0.29) is 0 Å². The van der Waals surface area contributed by atoms with Crippen LogP contribution in [0.4, 0.5) is 0 Å². The highest BCUT2D eigenvalue weighted by atomic mass is 32.1. The number of thiophene rings is 2. The molecular weight excluding hydrogens is 893 g/mol. The maximum atomic E-state index is 6.65. The molecule has 0 N–H and O–H groups in total. The third kappa shape index (κ3) is 6.12. The van der Waals surface area contributed by atoms with Crippen LogP contribution in [0.25, 0.3) is 146 Å². The fourth-order valence-electron chi connectivity index (χ4n) is 10.6. The summed E-state index contributed by atoms with van der Waals surface area (Å²) in [6, 6.07) is 77.9. The normalized spacial score (nSPS) is 12.0. The Balaban J connectivity index is 0.887. The maximum absolute atomic E-state index is 6.65. The van der Waals surface area contributed by atoms with Gasteiger partial charge >= 0.3 is 0 Å². The van der Waals surface area contributed by atoms with E-state index < -0.39 is 0 Å². The lowest BCUT2D eigenvalue weighted by Crippen LogP contribution is -2.00. The van der Waals surface area contributed by atoms with Crippen LogP contribution in [0.5, 0.6) is 0 Å². The molecule has 15 aromatic rings. The van der Waals surface area contributed by atoms with Gasteiger partial charge < -0.3 is 8.98 Å². The van der Waals surface area contributed by atoms with Gasteiger partial charge in [0, 0.05) is 84.3 Å². The molecule has 0 aliphatic rings. The molecule has 0 unspecified atom stereocenters. The van der Waals surface area contributed by atoms with Crippen molar-refractivity contribution in [2.24, 2.45) is 0 Å². The second-order valence-electron chi connectivity index (χ2n) is 17.9. The van der Waals surface area contributed by atoms with Crippen molar-refractivity contribution in [3.8, 4) is 62.1 Å². The van der Waals surface area contributed by atoms with Crippen LogP contribution in [0, 0.1) is 0 Å². The van der Waals surface area contributed by atoms with Crippen molar-refractivity contribution in [1.82, 2.24) is 19.5 Å². The molecule has 0 aliphatic carbocycles. The average molecular weight is 929 g/mol. The molecule has 0 amide bonds. The first-order valence-corrected chi connectivity index (χ1v) is 25.0. The number of para-hydroxylation sites is 2. The SMILES string of the molecule is c1ccc(-c2nc(-c3ccc4c(c3)c3ccccc3n4-c3ccccc3)nc(-c3cccc4oc5ccc(-c6cccc7sc8ccc(-c9ccc%10c(c9)sc9ccccc9%10)cc8c67)cc5c34)n2)cc1. The van der Waals surface area contributed by atoms with E-state index in [1.165, 1.54) is 62.4 Å². The number of rotatable bonds is 6. The predicted molar refractivity (Wildman–Crippen MR) is 294 cm³/mol. The molecule has 0 bridgehead atoms. The van der Waals surface area contributed by atoms with Gasteiger partial charge in [-0.2, -0.15) is 0 Å². The Morgan fingerprint density at radius 1 is 0.314 bits per heavy atom. The first-order chi connectivity index (χ1) is 34.7. The van der Waals surface area contributed by atoms with Crippen molar-refractivity contribution in [2.75, 3.05) is 0 Å². The Morgan fingerprint density at radius 3 is 1.83 bits per heavy atom. The summed E-state index contributed by atoms with van der Waals surface area (Å²) in [4.78, 5) is 15.7. The molecule has 0 atom stereocenters. The Kier molecular flexibility index (Phi) is 8.63. The summed E-state index contributed by atoms with van der Waals surface area (Å²) in [5, 5.41) is 9.44. The molecule has 70 heavy (non-hydrogen) atoms. The monoisotopic (exact) mass is 928 g/mol. The minimum absolute atomic E-state index is 0.585. The Bertz CT molecular complexity index is 4600. The smallest absolute Gasteiger partial charge is 0.164 e. The van der Waals surface area contributed by atoms with E-state index in [9.17, 15) is 0 Å². The molecule has 15 rings (SSSR count). The summed E-state index contributed by atoms with van der Waals surface area (Å²) in [6.45, 7) is 0. The van der Waals surface area contributed by atoms with Gasteiger partial charge in [0.25, 0.3) is 0 Å². The number of nitrogens with zero attached hydrogens (tertiary/aromatic N) is 4. The van der Waals surface area contributed by atoms with E-state index in [1.807, 2.05) is 53.0 Å². The molecule has 0 fully saturated rings. The predicted octanol–water partition coefficient (Wildman–Crippen LogP) is 17.9. The Hall–Kier alpha value is -8.75. The van der Waals surface area contributed by atoms with Crippen LogP contribution in [0.1, 0.15) is 0 Å². The second-order valence-corrected chi connectivity index (χ2v) is 20.1. The minimum Gasteiger partial charge on any atom is -0.456 e. The first kappa shape index (κ1) is 39.3. The van der Waals surface area contributed by atoms with Crippen LogP contribution >= 0.6 is 22.7 Å². The van der Waals surface area contributed by atoms with E-state index in [0.29, 0.717) is 17.5 Å². The second kappa shape index (κ2) is 15.4. The van der Waals surface area contributed by atoms with Crippen LogP contribution in [-0.2, 0) is 0 Å². The first-order valence-electron chi connectivity index (χ1n) is 23.4. The van der Waals surface area contributed by atoms with Gasteiger partial charge in [-0.05, 0) is 107 Å². The van der Waals surface area contributed by atoms with E-state index in [0.717, 1.165) is 66.3 Å². The highest BCUT2D eigenvalue weighted by Crippen LogP contribution is 2.45. The number of hydrogen-bond donors (Lipinski definition) is 0. The third-order valence-corrected chi connectivity index (χ3v) is 16.1. The topological polar surface area (TPSA) is 56.7 Å². The lowest BCUT2D eigenvalue weighted by Gasteiger charge is -2.10. The van der Waals surface area contributed by atoms with E-state index >= 15 is 0 Å². The number of benzene rings is 10. The van der Waals surface area contributed by atoms with E-state index in [4.69, 9.17) is 19.4 Å². The molecular formula is C63H36N4OS2. The van der Waals surface area contributed by atoms with Gasteiger partial charge in [-0.15, -0.1) is 22.7 Å². The Labute approximate surface area is 408 Å². The van der Waals surface area contributed by atoms with Crippen LogP contribution in [-0.4, -0.2) is 19.5 Å². The number of fused-ring (bicyclic) bond motifs is 12. The molecule has 5 nitrogen and oxygen atoms in total. The van der Waals surface area contributed by atoms with Gasteiger partial charge in [0.2, 0.25) is 0 Å². The van der Waals surface area contributed by atoms with Gasteiger partial charge in [-0.25, -0.2) is 15.0 Å². The van der Waals surface area contributed by atoms with Crippen molar-refractivity contribution < 1.29 is 4.42 Å². The van der Waals surface area contributed by atoms with Crippen molar-refractivity contribution in [1.29, 1.82) is 0 Å². The summed E-state index contributed by atoms with van der Waals surface area (Å²) in [5.74, 6) is 1.80. The molecule has 0 spiro atoms. The van der Waals surface area contributed by atoms with E-state index in [1.54, 1.807) is 0 Å². The van der Waals surface area contributed by atoms with Crippen LogP contribution < -0.4 is 0 Å². The summed E-state index contributed by atoms with van der Waals surface area (Å²) >= 11 is 3.71. The van der Waals surface area contributed by atoms with Gasteiger partial charge in [0.1, 0.15) is 11.2 Å². The standard InChI is InChI=1S/C63H36N4OS2/c1-3-13-37(14-4-1)61-64-62(41-26-30-52-48(35-41)44-17-7-9-21-51(44)67(52)42-15-5-2-6-16-42)66-63(65-61)47-20-11-22-54-59(47)49-34-40(27-31-53(49)68-54)43-19-12-24-57-60(43)50-33-38(28-32-56(50)69-57)39-25-29-46-45-18-8-10-23-55(45)70-58(46)36-39/h1-36H. The molecule has 0 aliphatic heterocycles. The Morgan fingerprint density at radius 2 is 0.929 bits per heavy atom. The van der Waals surface area contributed by atoms with Crippen molar-refractivity contribution in [3.63, 3.8) is 0 Å². The van der Waals surface area contributed by atoms with Crippen molar-refractivity contribution >= 4 is 107 Å². The average Bonchev–Trinajstić information content (AvgIpc) is 4.19. The summed E-state index contributed by atoms with van der Waals surface area (Å²) in [7, 11) is 0. The summed E-state index contributed by atoms with van der Waals surface area (Å²) < 4.78 is 14.1. The fraction of sp³-hybridized carbons (Fsp3) is 0. The van der Waals surface area contributed by atoms with E-state index in [2.05, 4.69) is 193 Å². The zero-order chi connectivity index (χ0) is 45.9. The maximum Gasteiger partial charge on any atom is 0.164 e. The van der Waals surface area contributed by atoms with Crippen LogP contribution in [0.3, 0.4) is 0 Å². The largest absolute Gasteiger partial charge is 0.456 e. The molecule has 0 saturated carbocycles. The number of aromatic nitrogens is 4. The van der Waals surface area contributed by atoms with Gasteiger partial charge in [-0.3, -0.25) is 0 Å². The molecule has 0 radical (unpaired) electrons. The molecule has 5 aromatic heterocycles. The van der Waals surface area contributed by atoms with Crippen molar-refractivity contribution in [3.05, 3.63) is 218 Å². The number of hydrogen-bond acceptors (Lipinski definition) is 6. The summed E-state index contributed by atoms with van der Waals surface area (Å²) in [5.41, 5.74) is 12.4. The molecule has 326 valence electrons. The highest BCUT2D eigenvalue weighted by molar-refractivity contribution is 7.26. The zero-order valence-electron chi connectivity index (χ0n) is 37.3. The lowest BCUT2D eigenvalue weighted by atomic mass is 9.95. The molecule has 10 aromatic carbocycles. The van der Waals surface area contributed by atoms with Gasteiger partial charge in [-0.1, -0.05) is 133 Å². The quantitative estimate of drug-likeness (QED) is 0.167. The number of furan rings is 1. The highest BCUT2D eigenvalue weighted by Gasteiger charge is 2.21. The fourth-order valence-corrected chi connectivity index (χ4v) is 12.9. The van der Waals surface area contributed by atoms with Crippen molar-refractivity contribution in [2.45, 2.75) is 0 Å². The molecule has 5 heterocycles. The van der Waals surface area contributed by atoms with Gasteiger partial charge in [0.05, 0.1) is 11.0 Å². The summed E-state index contributed by atoms with van der Waals surface area (Å²) in [6.07, 6.45) is 0. The van der Waals surface area contributed by atoms with Crippen LogP contribution in [0.15, 0.2) is 223 Å². The molecule has 7 heteroatoms. The van der Waals surface area contributed by atoms with Crippen LogP contribution in [0.2, 0.25) is 0 Å². The third-order valence-electron chi connectivity index (χ3n) is 13.9. The molecule has 0 saturated heterocycles.